The number of hydrogen-bond acceptors (Lipinski definition) is 4. The number of fused-ring (bicyclic) bond motifs is 1. The van der Waals surface area contributed by atoms with Crippen LogP contribution in [0.1, 0.15) is 41.4 Å². The minimum Gasteiger partial charge on any atom is -0.461 e. The third-order valence-electron chi connectivity index (χ3n) is 3.62. The second kappa shape index (κ2) is 5.75. The number of esters is 1. The maximum absolute atomic E-state index is 11.7. The molecule has 3 nitrogen and oxygen atoms in total. The molecule has 0 fully saturated rings. The lowest BCUT2D eigenvalue weighted by atomic mass is 9.88. The number of aryl methyl sites for hydroxylation is 1. The zero-order chi connectivity index (χ0) is 13.9. The van der Waals surface area contributed by atoms with Crippen LogP contribution in [0.25, 0.3) is 10.6 Å². The van der Waals surface area contributed by atoms with Crippen LogP contribution in [0, 0.1) is 0 Å². The summed E-state index contributed by atoms with van der Waals surface area (Å²) in [5.74, 6) is -0.334. The molecular formula is C16H17NO2S. The molecule has 3 rings (SSSR count). The molecular weight excluding hydrogens is 270 g/mol. The molecule has 0 saturated heterocycles. The molecule has 0 spiro atoms. The van der Waals surface area contributed by atoms with Crippen molar-refractivity contribution in [1.82, 2.24) is 4.98 Å². The van der Waals surface area contributed by atoms with Gasteiger partial charge in [0.25, 0.3) is 0 Å². The van der Waals surface area contributed by atoms with Gasteiger partial charge in [-0.15, -0.1) is 11.3 Å². The number of aromatic nitrogens is 1. The van der Waals surface area contributed by atoms with Crippen molar-refractivity contribution >= 4 is 17.3 Å². The van der Waals surface area contributed by atoms with Gasteiger partial charge in [0.15, 0.2) is 5.69 Å². The zero-order valence-corrected chi connectivity index (χ0v) is 12.3. The van der Waals surface area contributed by atoms with Gasteiger partial charge in [-0.2, -0.15) is 0 Å². The van der Waals surface area contributed by atoms with E-state index >= 15 is 0 Å². The summed E-state index contributed by atoms with van der Waals surface area (Å²) < 4.78 is 5.00. The van der Waals surface area contributed by atoms with Crippen molar-refractivity contribution < 1.29 is 9.53 Å². The molecule has 0 atom stereocenters. The Balaban J connectivity index is 1.96. The molecule has 0 bridgehead atoms. The molecule has 1 aliphatic rings. The molecule has 0 radical (unpaired) electrons. The van der Waals surface area contributed by atoms with E-state index in [9.17, 15) is 4.79 Å². The molecule has 104 valence electrons. The summed E-state index contributed by atoms with van der Waals surface area (Å²) in [6.45, 7) is 2.19. The number of nitrogens with zero attached hydrogens (tertiary/aromatic N) is 1. The predicted molar refractivity (Wildman–Crippen MR) is 80.1 cm³/mol. The van der Waals surface area contributed by atoms with Crippen LogP contribution in [-0.4, -0.2) is 17.6 Å². The van der Waals surface area contributed by atoms with E-state index in [2.05, 4.69) is 23.2 Å². The molecule has 4 heteroatoms. The Labute approximate surface area is 122 Å². The average molecular weight is 287 g/mol. The Kier molecular flexibility index (Phi) is 3.83. The van der Waals surface area contributed by atoms with Crippen molar-refractivity contribution in [2.24, 2.45) is 0 Å². The van der Waals surface area contributed by atoms with Crippen molar-refractivity contribution in [3.63, 3.8) is 0 Å². The summed E-state index contributed by atoms with van der Waals surface area (Å²) in [6, 6.07) is 6.40. The molecule has 0 N–H and O–H groups in total. The first-order valence-corrected chi connectivity index (χ1v) is 7.91. The highest BCUT2D eigenvalue weighted by Crippen LogP contribution is 2.33. The van der Waals surface area contributed by atoms with Crippen molar-refractivity contribution in [2.45, 2.75) is 32.6 Å². The Morgan fingerprint density at radius 1 is 1.35 bits per heavy atom. The SMILES string of the molecule is CCOC(=O)c1csc(-c2cccc3c2CCCC3)n1. The van der Waals surface area contributed by atoms with Crippen LogP contribution in [0.5, 0.6) is 0 Å². The Morgan fingerprint density at radius 3 is 3.05 bits per heavy atom. The minimum atomic E-state index is -0.334. The minimum absolute atomic E-state index is 0.334. The van der Waals surface area contributed by atoms with Crippen LogP contribution in [0.4, 0.5) is 0 Å². The van der Waals surface area contributed by atoms with E-state index < -0.39 is 0 Å². The highest BCUT2D eigenvalue weighted by Gasteiger charge is 2.18. The fourth-order valence-electron chi connectivity index (χ4n) is 2.68. The van der Waals surface area contributed by atoms with Crippen LogP contribution < -0.4 is 0 Å². The molecule has 1 aromatic heterocycles. The molecule has 1 heterocycles. The molecule has 0 amide bonds. The number of ether oxygens (including phenoxy) is 1. The smallest absolute Gasteiger partial charge is 0.357 e. The first-order chi connectivity index (χ1) is 9.79. The molecule has 2 aromatic rings. The van der Waals surface area contributed by atoms with Gasteiger partial charge in [-0.1, -0.05) is 18.2 Å². The lowest BCUT2D eigenvalue weighted by Crippen LogP contribution is -2.06. The van der Waals surface area contributed by atoms with Crippen LogP contribution >= 0.6 is 11.3 Å². The average Bonchev–Trinajstić information content (AvgIpc) is 2.97. The van der Waals surface area contributed by atoms with Crippen LogP contribution in [0.15, 0.2) is 23.6 Å². The van der Waals surface area contributed by atoms with Crippen molar-refractivity contribution in [3.8, 4) is 10.6 Å². The number of thiazole rings is 1. The van der Waals surface area contributed by atoms with Gasteiger partial charge >= 0.3 is 5.97 Å². The number of hydrogen-bond donors (Lipinski definition) is 0. The molecule has 20 heavy (non-hydrogen) atoms. The van der Waals surface area contributed by atoms with Crippen LogP contribution in [0.2, 0.25) is 0 Å². The second-order valence-electron chi connectivity index (χ2n) is 4.91. The van der Waals surface area contributed by atoms with Crippen molar-refractivity contribution in [2.75, 3.05) is 6.61 Å². The third kappa shape index (κ3) is 2.48. The fraction of sp³-hybridized carbons (Fsp3) is 0.375. The summed E-state index contributed by atoms with van der Waals surface area (Å²) in [4.78, 5) is 16.2. The summed E-state index contributed by atoms with van der Waals surface area (Å²) in [7, 11) is 0. The van der Waals surface area contributed by atoms with E-state index in [0.717, 1.165) is 17.8 Å². The van der Waals surface area contributed by atoms with Crippen LogP contribution in [-0.2, 0) is 17.6 Å². The van der Waals surface area contributed by atoms with Gasteiger partial charge in [-0.05, 0) is 43.7 Å². The second-order valence-corrected chi connectivity index (χ2v) is 5.77. The molecule has 0 aliphatic heterocycles. The van der Waals surface area contributed by atoms with Gasteiger partial charge in [-0.25, -0.2) is 9.78 Å². The standard InChI is InChI=1S/C16H17NO2S/c1-2-19-16(18)14-10-20-15(17-14)13-9-5-7-11-6-3-4-8-12(11)13/h5,7,9-10H,2-4,6,8H2,1H3. The van der Waals surface area contributed by atoms with Gasteiger partial charge in [-0.3, -0.25) is 0 Å². The van der Waals surface area contributed by atoms with E-state index in [1.807, 2.05) is 0 Å². The maximum atomic E-state index is 11.7. The molecule has 1 aromatic carbocycles. The van der Waals surface area contributed by atoms with E-state index in [0.29, 0.717) is 12.3 Å². The highest BCUT2D eigenvalue weighted by atomic mass is 32.1. The predicted octanol–water partition coefficient (Wildman–Crippen LogP) is 3.87. The van der Waals surface area contributed by atoms with Gasteiger partial charge in [0.1, 0.15) is 5.01 Å². The van der Waals surface area contributed by atoms with Gasteiger partial charge in [0.05, 0.1) is 6.61 Å². The Hall–Kier alpha value is -1.68. The van der Waals surface area contributed by atoms with E-state index in [1.54, 1.807) is 12.3 Å². The van der Waals surface area contributed by atoms with E-state index in [-0.39, 0.29) is 5.97 Å². The van der Waals surface area contributed by atoms with Gasteiger partial charge < -0.3 is 4.74 Å². The largest absolute Gasteiger partial charge is 0.461 e. The summed E-state index contributed by atoms with van der Waals surface area (Å²) in [5.41, 5.74) is 4.44. The molecule has 0 unspecified atom stereocenters. The molecule has 0 saturated carbocycles. The number of carbonyl (C=O) groups excluding carboxylic acids is 1. The summed E-state index contributed by atoms with van der Waals surface area (Å²) >= 11 is 1.52. The van der Waals surface area contributed by atoms with E-state index in [1.165, 1.54) is 40.9 Å². The summed E-state index contributed by atoms with van der Waals surface area (Å²) in [5, 5.41) is 2.71. The third-order valence-corrected chi connectivity index (χ3v) is 4.49. The Morgan fingerprint density at radius 2 is 2.20 bits per heavy atom. The van der Waals surface area contributed by atoms with Crippen LogP contribution in [0.3, 0.4) is 0 Å². The number of rotatable bonds is 3. The topological polar surface area (TPSA) is 39.2 Å². The first-order valence-electron chi connectivity index (χ1n) is 7.03. The normalized spacial score (nSPS) is 13.8. The van der Waals surface area contributed by atoms with Gasteiger partial charge in [0, 0.05) is 10.9 Å². The Bertz CT molecular complexity index is 633. The highest BCUT2D eigenvalue weighted by molar-refractivity contribution is 7.13. The summed E-state index contributed by atoms with van der Waals surface area (Å²) in [6.07, 6.45) is 4.77. The lowest BCUT2D eigenvalue weighted by Gasteiger charge is -2.18. The zero-order valence-electron chi connectivity index (χ0n) is 11.5. The molecule has 1 aliphatic carbocycles. The quantitative estimate of drug-likeness (QED) is 0.805. The lowest BCUT2D eigenvalue weighted by molar-refractivity contribution is 0.0520. The number of benzene rings is 1. The fourth-order valence-corrected chi connectivity index (χ4v) is 3.52. The number of carbonyl (C=O) groups is 1. The first kappa shape index (κ1) is 13.3. The monoisotopic (exact) mass is 287 g/mol. The van der Waals surface area contributed by atoms with Crippen molar-refractivity contribution in [1.29, 1.82) is 0 Å². The van der Waals surface area contributed by atoms with E-state index in [4.69, 9.17) is 4.74 Å². The maximum Gasteiger partial charge on any atom is 0.357 e. The van der Waals surface area contributed by atoms with Crippen molar-refractivity contribution in [3.05, 3.63) is 40.4 Å². The van der Waals surface area contributed by atoms with Gasteiger partial charge in [0.2, 0.25) is 0 Å².